The second-order valence-corrected chi connectivity index (χ2v) is 7.83. The van der Waals surface area contributed by atoms with Gasteiger partial charge in [0.2, 0.25) is 17.6 Å². The summed E-state index contributed by atoms with van der Waals surface area (Å²) in [6, 6.07) is 3.75. The van der Waals surface area contributed by atoms with Crippen LogP contribution in [-0.2, 0) is 14.3 Å². The number of carbonyl (C=O) groups excluding carboxylic acids is 2. The third-order valence-electron chi connectivity index (χ3n) is 5.83. The Hall–Kier alpha value is -2.48. The third kappa shape index (κ3) is 4.80. The molecule has 2 atom stereocenters. The lowest BCUT2D eigenvalue weighted by molar-refractivity contribution is -0.132. The van der Waals surface area contributed by atoms with Gasteiger partial charge in [-0.15, -0.1) is 0 Å². The maximum Gasteiger partial charge on any atom is 0.225 e. The van der Waals surface area contributed by atoms with E-state index in [9.17, 15) is 9.59 Å². The summed E-state index contributed by atoms with van der Waals surface area (Å²) in [5.41, 5.74) is 0.896. The molecule has 1 N–H and O–H groups in total. The van der Waals surface area contributed by atoms with Gasteiger partial charge in [-0.3, -0.25) is 9.59 Å². The predicted octanol–water partition coefficient (Wildman–Crippen LogP) is 1.82. The van der Waals surface area contributed by atoms with Crippen LogP contribution >= 0.6 is 0 Å². The summed E-state index contributed by atoms with van der Waals surface area (Å²) in [6.07, 6.45) is 2.63. The Bertz CT molecular complexity index is 739. The Morgan fingerprint density at radius 3 is 2.23 bits per heavy atom. The van der Waals surface area contributed by atoms with Crippen LogP contribution in [0.4, 0.5) is 0 Å². The van der Waals surface area contributed by atoms with Crippen molar-refractivity contribution < 1.29 is 28.5 Å². The van der Waals surface area contributed by atoms with Gasteiger partial charge >= 0.3 is 0 Å². The Balaban J connectivity index is 1.86. The standard InChI is InChI=1S/C22H32N2O6/c1-27-9-5-8-23-21(25)17-13-24(22(26)14-6-7-14)12-16(17)15-10-18(28-2)20(30-4)19(11-15)29-3/h10-11,14,16-17H,5-9,12-13H2,1-4H3,(H,23,25)/t16-,17-/m0/s1. The molecule has 2 amide bonds. The van der Waals surface area contributed by atoms with Gasteiger partial charge < -0.3 is 29.2 Å². The van der Waals surface area contributed by atoms with E-state index >= 15 is 0 Å². The third-order valence-corrected chi connectivity index (χ3v) is 5.83. The van der Waals surface area contributed by atoms with Crippen LogP contribution in [0.25, 0.3) is 0 Å². The summed E-state index contributed by atoms with van der Waals surface area (Å²) >= 11 is 0. The van der Waals surface area contributed by atoms with Crippen molar-refractivity contribution in [1.29, 1.82) is 0 Å². The molecule has 1 saturated heterocycles. The van der Waals surface area contributed by atoms with Gasteiger partial charge in [0.25, 0.3) is 0 Å². The molecule has 1 aromatic carbocycles. The molecule has 0 spiro atoms. The number of nitrogens with one attached hydrogen (secondary N) is 1. The number of rotatable bonds is 10. The molecule has 1 heterocycles. The van der Waals surface area contributed by atoms with Crippen molar-refractivity contribution in [2.24, 2.45) is 11.8 Å². The molecule has 8 heteroatoms. The van der Waals surface area contributed by atoms with Gasteiger partial charge in [0.05, 0.1) is 27.2 Å². The summed E-state index contributed by atoms with van der Waals surface area (Å²) in [6.45, 7) is 2.06. The van der Waals surface area contributed by atoms with Crippen molar-refractivity contribution in [2.45, 2.75) is 25.2 Å². The minimum Gasteiger partial charge on any atom is -0.493 e. The van der Waals surface area contributed by atoms with Gasteiger partial charge in [0.1, 0.15) is 0 Å². The number of amides is 2. The number of methoxy groups -OCH3 is 4. The van der Waals surface area contributed by atoms with Crippen molar-refractivity contribution >= 4 is 11.8 Å². The first kappa shape index (κ1) is 22.2. The fourth-order valence-corrected chi connectivity index (χ4v) is 4.05. The molecule has 0 radical (unpaired) electrons. The first-order valence-electron chi connectivity index (χ1n) is 10.4. The van der Waals surface area contributed by atoms with E-state index in [0.717, 1.165) is 24.8 Å². The maximum absolute atomic E-state index is 13.0. The van der Waals surface area contributed by atoms with Gasteiger partial charge in [-0.25, -0.2) is 0 Å². The van der Waals surface area contributed by atoms with Crippen LogP contribution in [0.1, 0.15) is 30.7 Å². The second kappa shape index (κ2) is 10.0. The van der Waals surface area contributed by atoms with Gasteiger partial charge in [0, 0.05) is 45.2 Å². The predicted molar refractivity (Wildman–Crippen MR) is 111 cm³/mol. The lowest BCUT2D eigenvalue weighted by atomic mass is 9.88. The van der Waals surface area contributed by atoms with Crippen LogP contribution < -0.4 is 19.5 Å². The molecular weight excluding hydrogens is 388 g/mol. The molecule has 0 unspecified atom stereocenters. The molecule has 1 aliphatic heterocycles. The molecule has 8 nitrogen and oxygen atoms in total. The second-order valence-electron chi connectivity index (χ2n) is 7.83. The molecule has 0 aromatic heterocycles. The molecule has 0 bridgehead atoms. The van der Waals surface area contributed by atoms with Crippen LogP contribution in [0.15, 0.2) is 12.1 Å². The van der Waals surface area contributed by atoms with E-state index in [4.69, 9.17) is 18.9 Å². The van der Waals surface area contributed by atoms with E-state index in [1.807, 2.05) is 17.0 Å². The molecule has 166 valence electrons. The van der Waals surface area contributed by atoms with Crippen LogP contribution in [-0.4, -0.2) is 71.4 Å². The minimum atomic E-state index is -0.335. The SMILES string of the molecule is COCCCNC(=O)[C@H]1CN(C(=O)C2CC2)C[C@H]1c1cc(OC)c(OC)c(OC)c1. The number of nitrogens with zero attached hydrogens (tertiary/aromatic N) is 1. The first-order chi connectivity index (χ1) is 14.5. The number of likely N-dealkylation sites (tertiary alicyclic amines) is 1. The van der Waals surface area contributed by atoms with E-state index in [1.54, 1.807) is 28.4 Å². The maximum atomic E-state index is 13.0. The topological polar surface area (TPSA) is 86.3 Å². The molecule has 1 aromatic rings. The minimum absolute atomic E-state index is 0.0454. The molecule has 2 aliphatic rings. The van der Waals surface area contributed by atoms with Gasteiger partial charge in [-0.05, 0) is 37.0 Å². The zero-order valence-electron chi connectivity index (χ0n) is 18.2. The van der Waals surface area contributed by atoms with Crippen molar-refractivity contribution in [2.75, 3.05) is 54.7 Å². The average Bonchev–Trinajstić information content (AvgIpc) is 3.52. The monoisotopic (exact) mass is 420 g/mol. The molecular formula is C22H32N2O6. The molecule has 1 aliphatic carbocycles. The van der Waals surface area contributed by atoms with Gasteiger partial charge in [-0.2, -0.15) is 0 Å². The Labute approximate surface area is 177 Å². The number of ether oxygens (including phenoxy) is 4. The van der Waals surface area contributed by atoms with E-state index in [1.165, 1.54) is 0 Å². The van der Waals surface area contributed by atoms with Crippen LogP contribution in [0.5, 0.6) is 17.2 Å². The number of carbonyl (C=O) groups is 2. The van der Waals surface area contributed by atoms with Gasteiger partial charge in [-0.1, -0.05) is 0 Å². The van der Waals surface area contributed by atoms with Crippen LogP contribution in [0.3, 0.4) is 0 Å². The quantitative estimate of drug-likeness (QED) is 0.581. The van der Waals surface area contributed by atoms with Crippen molar-refractivity contribution in [1.82, 2.24) is 10.2 Å². The summed E-state index contributed by atoms with van der Waals surface area (Å²) in [5, 5.41) is 3.00. The number of hydrogen-bond donors (Lipinski definition) is 1. The summed E-state index contributed by atoms with van der Waals surface area (Å²) in [4.78, 5) is 27.5. The molecule has 30 heavy (non-hydrogen) atoms. The van der Waals surface area contributed by atoms with Gasteiger partial charge in [0.15, 0.2) is 11.5 Å². The highest BCUT2D eigenvalue weighted by Gasteiger charge is 2.44. The zero-order chi connectivity index (χ0) is 21.7. The summed E-state index contributed by atoms with van der Waals surface area (Å²) < 4.78 is 21.4. The van der Waals surface area contributed by atoms with E-state index < -0.39 is 0 Å². The number of hydrogen-bond acceptors (Lipinski definition) is 6. The fourth-order valence-electron chi connectivity index (χ4n) is 4.05. The summed E-state index contributed by atoms with van der Waals surface area (Å²) in [7, 11) is 6.33. The lowest BCUT2D eigenvalue weighted by Crippen LogP contribution is -2.36. The Morgan fingerprint density at radius 1 is 1.03 bits per heavy atom. The zero-order valence-corrected chi connectivity index (χ0v) is 18.2. The number of benzene rings is 1. The Kier molecular flexibility index (Phi) is 7.42. The highest BCUT2D eigenvalue weighted by Crippen LogP contribution is 2.44. The largest absolute Gasteiger partial charge is 0.493 e. The molecule has 2 fully saturated rings. The average molecular weight is 421 g/mol. The van der Waals surface area contributed by atoms with E-state index in [2.05, 4.69) is 5.32 Å². The van der Waals surface area contributed by atoms with Crippen molar-refractivity contribution in [3.63, 3.8) is 0 Å². The lowest BCUT2D eigenvalue weighted by Gasteiger charge is -2.21. The smallest absolute Gasteiger partial charge is 0.225 e. The van der Waals surface area contributed by atoms with Crippen molar-refractivity contribution in [3.05, 3.63) is 17.7 Å². The molecule has 3 rings (SSSR count). The first-order valence-corrected chi connectivity index (χ1v) is 10.4. The summed E-state index contributed by atoms with van der Waals surface area (Å²) in [5.74, 6) is 1.33. The van der Waals surface area contributed by atoms with E-state index in [-0.39, 0.29) is 29.6 Å². The van der Waals surface area contributed by atoms with E-state index in [0.29, 0.717) is 43.5 Å². The fraction of sp³-hybridized carbons (Fsp3) is 0.636. The van der Waals surface area contributed by atoms with Crippen molar-refractivity contribution in [3.8, 4) is 17.2 Å². The highest BCUT2D eigenvalue weighted by atomic mass is 16.5. The Morgan fingerprint density at radius 2 is 1.70 bits per heavy atom. The highest BCUT2D eigenvalue weighted by molar-refractivity contribution is 5.85. The van der Waals surface area contributed by atoms with Crippen LogP contribution in [0.2, 0.25) is 0 Å². The normalized spacial score (nSPS) is 20.7. The molecule has 1 saturated carbocycles. The van der Waals surface area contributed by atoms with Crippen LogP contribution in [0, 0.1) is 11.8 Å².